The van der Waals surface area contributed by atoms with Gasteiger partial charge in [-0.25, -0.2) is 0 Å². The maximum Gasteiger partial charge on any atom is 0.0621 e. The molecule has 0 N–H and O–H groups in total. The lowest BCUT2D eigenvalue weighted by Crippen LogP contribution is -2.32. The Morgan fingerprint density at radius 1 is 0.463 bits per heavy atom. The molecule has 2 heteroatoms. The molecule has 0 saturated heterocycles. The molecule has 0 fully saturated rings. The molecule has 0 aromatic heterocycles. The van der Waals surface area contributed by atoms with Gasteiger partial charge in [-0.1, -0.05) is 173 Å². The first-order valence-electron chi connectivity index (χ1n) is 18.8. The number of likely N-dealkylation sites (N-methyl/N-ethyl adjacent to an activating group) is 1. The largest absolute Gasteiger partial charge is 0.380 e. The summed E-state index contributed by atoms with van der Waals surface area (Å²) in [7, 11) is 4.44. The summed E-state index contributed by atoms with van der Waals surface area (Å²) in [6, 6.07) is 0.583. The average Bonchev–Trinajstić information content (AvgIpc) is 2.97. The van der Waals surface area contributed by atoms with Crippen LogP contribution in [-0.4, -0.2) is 38.3 Å². The van der Waals surface area contributed by atoms with E-state index in [4.69, 9.17) is 4.74 Å². The first-order valence-corrected chi connectivity index (χ1v) is 18.8. The zero-order chi connectivity index (χ0) is 29.9. The summed E-state index contributed by atoms with van der Waals surface area (Å²) in [5, 5.41) is 0. The summed E-state index contributed by atoms with van der Waals surface area (Å²) in [5.41, 5.74) is 0. The maximum atomic E-state index is 6.10. The molecule has 0 saturated carbocycles. The minimum absolute atomic E-state index is 0.583. The van der Waals surface area contributed by atoms with Crippen molar-refractivity contribution in [2.75, 3.05) is 27.3 Å². The minimum Gasteiger partial charge on any atom is -0.380 e. The van der Waals surface area contributed by atoms with E-state index in [0.29, 0.717) is 6.04 Å². The van der Waals surface area contributed by atoms with Crippen molar-refractivity contribution in [3.63, 3.8) is 0 Å². The van der Waals surface area contributed by atoms with Gasteiger partial charge in [-0.15, -0.1) is 0 Å². The van der Waals surface area contributed by atoms with E-state index in [0.717, 1.165) is 19.6 Å². The lowest BCUT2D eigenvalue weighted by atomic mass is 10.0. The van der Waals surface area contributed by atoms with Crippen molar-refractivity contribution in [3.05, 3.63) is 24.3 Å². The number of ether oxygens (including phenoxy) is 1. The molecule has 0 heterocycles. The van der Waals surface area contributed by atoms with Gasteiger partial charge in [0.15, 0.2) is 0 Å². The van der Waals surface area contributed by atoms with Gasteiger partial charge in [-0.05, 0) is 59.0 Å². The van der Waals surface area contributed by atoms with Crippen LogP contribution in [0.1, 0.15) is 194 Å². The van der Waals surface area contributed by atoms with E-state index < -0.39 is 0 Å². The van der Waals surface area contributed by atoms with E-state index in [1.54, 1.807) is 0 Å². The van der Waals surface area contributed by atoms with Crippen molar-refractivity contribution < 1.29 is 4.74 Å². The fraction of sp³-hybridized carbons (Fsp3) is 0.897. The van der Waals surface area contributed by atoms with Gasteiger partial charge in [-0.2, -0.15) is 0 Å². The Labute approximate surface area is 260 Å². The molecule has 0 radical (unpaired) electrons. The average molecular weight is 576 g/mol. The van der Waals surface area contributed by atoms with Crippen molar-refractivity contribution >= 4 is 0 Å². The molecule has 0 aliphatic carbocycles. The Kier molecular flexibility index (Phi) is 35.1. The van der Waals surface area contributed by atoms with Crippen LogP contribution in [0.4, 0.5) is 0 Å². The summed E-state index contributed by atoms with van der Waals surface area (Å²) in [5.74, 6) is 0. The van der Waals surface area contributed by atoms with Crippen molar-refractivity contribution in [1.29, 1.82) is 0 Å². The molecule has 2 nitrogen and oxygen atoms in total. The van der Waals surface area contributed by atoms with Gasteiger partial charge in [0.25, 0.3) is 0 Å². The van der Waals surface area contributed by atoms with Gasteiger partial charge >= 0.3 is 0 Å². The molecule has 0 spiro atoms. The molecule has 0 aliphatic rings. The van der Waals surface area contributed by atoms with Crippen molar-refractivity contribution in [2.45, 2.75) is 200 Å². The minimum atomic E-state index is 0.583. The highest BCUT2D eigenvalue weighted by Gasteiger charge is 2.11. The highest BCUT2D eigenvalue weighted by Crippen LogP contribution is 2.15. The summed E-state index contributed by atoms with van der Waals surface area (Å²) in [4.78, 5) is 2.38. The fourth-order valence-corrected chi connectivity index (χ4v) is 5.65. The van der Waals surface area contributed by atoms with Crippen LogP contribution in [0.2, 0.25) is 0 Å². The van der Waals surface area contributed by atoms with Crippen LogP contribution in [0.15, 0.2) is 24.3 Å². The van der Waals surface area contributed by atoms with E-state index in [9.17, 15) is 0 Å². The van der Waals surface area contributed by atoms with E-state index in [1.807, 2.05) is 0 Å². The molecule has 0 aliphatic heterocycles. The summed E-state index contributed by atoms with van der Waals surface area (Å²) in [6.45, 7) is 6.43. The predicted molar refractivity (Wildman–Crippen MR) is 187 cm³/mol. The Bertz CT molecular complexity index is 526. The molecular weight excluding hydrogens is 498 g/mol. The van der Waals surface area contributed by atoms with E-state index in [2.05, 4.69) is 57.1 Å². The molecule has 0 aromatic rings. The molecule has 244 valence electrons. The second kappa shape index (κ2) is 35.6. The lowest BCUT2D eigenvalue weighted by Gasteiger charge is -2.24. The molecule has 41 heavy (non-hydrogen) atoms. The number of rotatable bonds is 34. The smallest absolute Gasteiger partial charge is 0.0621 e. The van der Waals surface area contributed by atoms with Crippen molar-refractivity contribution in [3.8, 4) is 0 Å². The van der Waals surface area contributed by atoms with Gasteiger partial charge in [0, 0.05) is 12.6 Å². The standard InChI is InChI=1S/C39H77NO/c1-5-7-9-11-13-15-17-19-21-22-23-24-26-28-30-32-34-36-39(40(3)4)38-41-37-35-33-31-29-27-25-20-18-16-14-12-10-8-6-2/h13,15,19,21,39H,5-12,14,16-18,20,22-38H2,1-4H3/b15-13-,21-19-/t39-/m0/s1. The summed E-state index contributed by atoms with van der Waals surface area (Å²) >= 11 is 0. The van der Waals surface area contributed by atoms with Crippen LogP contribution in [0, 0.1) is 0 Å². The number of unbranched alkanes of at least 4 members (excludes halogenated alkanes) is 23. The Morgan fingerprint density at radius 3 is 1.34 bits per heavy atom. The highest BCUT2D eigenvalue weighted by atomic mass is 16.5. The normalized spacial score (nSPS) is 12.9. The molecule has 1 atom stereocenters. The van der Waals surface area contributed by atoms with E-state index in [1.165, 1.54) is 173 Å². The summed E-state index contributed by atoms with van der Waals surface area (Å²) in [6.07, 6.45) is 47.9. The molecule has 0 aromatic carbocycles. The third kappa shape index (κ3) is 33.8. The topological polar surface area (TPSA) is 12.5 Å². The quantitative estimate of drug-likeness (QED) is 0.0559. The highest BCUT2D eigenvalue weighted by molar-refractivity contribution is 4.92. The Morgan fingerprint density at radius 2 is 0.854 bits per heavy atom. The van der Waals surface area contributed by atoms with Gasteiger partial charge in [0.1, 0.15) is 0 Å². The van der Waals surface area contributed by atoms with Crippen LogP contribution in [0.25, 0.3) is 0 Å². The molecule has 0 bridgehead atoms. The third-order valence-corrected chi connectivity index (χ3v) is 8.67. The maximum absolute atomic E-state index is 6.10. The first kappa shape index (κ1) is 40.4. The number of nitrogens with zero attached hydrogens (tertiary/aromatic N) is 1. The van der Waals surface area contributed by atoms with Gasteiger partial charge in [-0.3, -0.25) is 0 Å². The zero-order valence-corrected chi connectivity index (χ0v) is 29.0. The van der Waals surface area contributed by atoms with Crippen molar-refractivity contribution in [1.82, 2.24) is 4.90 Å². The second-order valence-electron chi connectivity index (χ2n) is 13.0. The third-order valence-electron chi connectivity index (χ3n) is 8.67. The first-order chi connectivity index (χ1) is 20.2. The SMILES string of the molecule is CCCCC/C=C\C/C=C\CCCCCCCCC[C@@H](COCCCCCCCCCCCCCCCC)N(C)C. The molecule has 0 unspecified atom stereocenters. The van der Waals surface area contributed by atoms with E-state index in [-0.39, 0.29) is 0 Å². The molecule has 0 amide bonds. The van der Waals surface area contributed by atoms with Crippen molar-refractivity contribution in [2.24, 2.45) is 0 Å². The second-order valence-corrected chi connectivity index (χ2v) is 13.0. The molecule has 0 rings (SSSR count). The summed E-state index contributed by atoms with van der Waals surface area (Å²) < 4.78 is 6.10. The zero-order valence-electron chi connectivity index (χ0n) is 29.0. The van der Waals surface area contributed by atoms with Gasteiger partial charge in [0.05, 0.1) is 6.61 Å². The Balaban J connectivity index is 3.44. The Hall–Kier alpha value is -0.600. The molecular formula is C39H77NO. The van der Waals surface area contributed by atoms with Crippen LogP contribution in [0.5, 0.6) is 0 Å². The van der Waals surface area contributed by atoms with Crippen LogP contribution in [0.3, 0.4) is 0 Å². The lowest BCUT2D eigenvalue weighted by molar-refractivity contribution is 0.0721. The van der Waals surface area contributed by atoms with Gasteiger partial charge < -0.3 is 9.64 Å². The monoisotopic (exact) mass is 576 g/mol. The van der Waals surface area contributed by atoms with E-state index >= 15 is 0 Å². The fourth-order valence-electron chi connectivity index (χ4n) is 5.65. The van der Waals surface area contributed by atoms with Gasteiger partial charge in [0.2, 0.25) is 0 Å². The number of hydrogen-bond donors (Lipinski definition) is 0. The predicted octanol–water partition coefficient (Wildman–Crippen LogP) is 13.0. The number of hydrogen-bond acceptors (Lipinski definition) is 2. The van der Waals surface area contributed by atoms with Crippen LogP contribution in [-0.2, 0) is 4.74 Å². The van der Waals surface area contributed by atoms with Crippen LogP contribution >= 0.6 is 0 Å². The van der Waals surface area contributed by atoms with Crippen LogP contribution < -0.4 is 0 Å². The number of allylic oxidation sites excluding steroid dienone is 4.